The Labute approximate surface area is 185 Å². The highest BCUT2D eigenvalue weighted by Gasteiger charge is 2.05. The standard InChI is InChI=1S/C26H32O5/c1-3-5-7-9-25(27)30-23-13-10-21(11-14-23)12-19-26(28)31-24-17-15-22(16-18-24)29-20-8-6-4-2/h10-19H,3-9,20H2,1-2H3/b19-12+. The second kappa shape index (κ2) is 14.0. The third kappa shape index (κ3) is 9.98. The second-order valence-corrected chi connectivity index (χ2v) is 7.28. The number of ether oxygens (including phenoxy) is 3. The Hall–Kier alpha value is -3.08. The molecule has 5 heteroatoms. The fraction of sp³-hybridized carbons (Fsp3) is 0.385. The number of esters is 2. The van der Waals surface area contributed by atoms with E-state index in [4.69, 9.17) is 14.2 Å². The van der Waals surface area contributed by atoms with E-state index in [0.717, 1.165) is 49.8 Å². The maximum absolute atomic E-state index is 12.0. The van der Waals surface area contributed by atoms with E-state index in [1.165, 1.54) is 6.08 Å². The summed E-state index contributed by atoms with van der Waals surface area (Å²) in [5, 5.41) is 0. The summed E-state index contributed by atoms with van der Waals surface area (Å²) >= 11 is 0. The average Bonchev–Trinajstić information content (AvgIpc) is 2.77. The van der Waals surface area contributed by atoms with Crippen LogP contribution < -0.4 is 14.2 Å². The molecule has 0 radical (unpaired) electrons. The molecule has 5 nitrogen and oxygen atoms in total. The summed E-state index contributed by atoms with van der Waals surface area (Å²) in [7, 11) is 0. The van der Waals surface area contributed by atoms with Crippen molar-refractivity contribution < 1.29 is 23.8 Å². The summed E-state index contributed by atoms with van der Waals surface area (Å²) in [6.45, 7) is 4.93. The third-order valence-corrected chi connectivity index (χ3v) is 4.57. The van der Waals surface area contributed by atoms with Gasteiger partial charge >= 0.3 is 11.9 Å². The maximum atomic E-state index is 12.0. The molecule has 0 aliphatic carbocycles. The monoisotopic (exact) mass is 424 g/mol. The molecule has 0 aliphatic heterocycles. The lowest BCUT2D eigenvalue weighted by Gasteiger charge is -2.07. The Morgan fingerprint density at radius 1 is 0.742 bits per heavy atom. The fourth-order valence-corrected chi connectivity index (χ4v) is 2.81. The van der Waals surface area contributed by atoms with E-state index in [9.17, 15) is 9.59 Å². The van der Waals surface area contributed by atoms with Gasteiger partial charge in [-0.2, -0.15) is 0 Å². The van der Waals surface area contributed by atoms with Crippen LogP contribution in [0.3, 0.4) is 0 Å². The quantitative estimate of drug-likeness (QED) is 0.162. The van der Waals surface area contributed by atoms with Crippen molar-refractivity contribution in [3.05, 3.63) is 60.2 Å². The minimum absolute atomic E-state index is 0.224. The first-order valence-corrected chi connectivity index (χ1v) is 11.0. The molecule has 0 atom stereocenters. The van der Waals surface area contributed by atoms with Crippen molar-refractivity contribution in [1.82, 2.24) is 0 Å². The number of benzene rings is 2. The van der Waals surface area contributed by atoms with Gasteiger partial charge in [0.05, 0.1) is 6.61 Å². The first-order chi connectivity index (χ1) is 15.1. The normalized spacial score (nSPS) is 10.8. The largest absolute Gasteiger partial charge is 0.494 e. The molecule has 0 saturated carbocycles. The van der Waals surface area contributed by atoms with Gasteiger partial charge in [0.1, 0.15) is 17.2 Å². The predicted molar refractivity (Wildman–Crippen MR) is 122 cm³/mol. The van der Waals surface area contributed by atoms with E-state index in [2.05, 4.69) is 13.8 Å². The molecule has 0 aromatic heterocycles. The molecule has 0 spiro atoms. The Morgan fingerprint density at radius 2 is 1.32 bits per heavy atom. The van der Waals surface area contributed by atoms with Gasteiger partial charge in [0.2, 0.25) is 0 Å². The van der Waals surface area contributed by atoms with Crippen molar-refractivity contribution in [2.75, 3.05) is 6.61 Å². The highest BCUT2D eigenvalue weighted by Crippen LogP contribution is 2.19. The zero-order chi connectivity index (χ0) is 22.3. The molecule has 0 saturated heterocycles. The summed E-state index contributed by atoms with van der Waals surface area (Å²) in [6.07, 6.45) is 9.70. The Kier molecular flexibility index (Phi) is 10.9. The van der Waals surface area contributed by atoms with Crippen LogP contribution in [0, 0.1) is 0 Å². The molecule has 0 amide bonds. The molecule has 0 N–H and O–H groups in total. The molecule has 2 rings (SSSR count). The third-order valence-electron chi connectivity index (χ3n) is 4.57. The van der Waals surface area contributed by atoms with Gasteiger partial charge in [-0.25, -0.2) is 4.79 Å². The van der Waals surface area contributed by atoms with E-state index in [1.54, 1.807) is 54.6 Å². The van der Waals surface area contributed by atoms with Crippen LogP contribution in [0.25, 0.3) is 6.08 Å². The van der Waals surface area contributed by atoms with Gasteiger partial charge in [0, 0.05) is 12.5 Å². The first kappa shape index (κ1) is 24.2. The van der Waals surface area contributed by atoms with E-state index >= 15 is 0 Å². The smallest absolute Gasteiger partial charge is 0.336 e. The van der Waals surface area contributed by atoms with Crippen LogP contribution >= 0.6 is 0 Å². The molecule has 2 aromatic rings. The van der Waals surface area contributed by atoms with Crippen LogP contribution in [0.2, 0.25) is 0 Å². The number of carbonyl (C=O) groups is 2. The predicted octanol–water partition coefficient (Wildman–Crippen LogP) is 6.36. The van der Waals surface area contributed by atoms with Gasteiger partial charge in [-0.05, 0) is 60.9 Å². The molecule has 0 bridgehead atoms. The van der Waals surface area contributed by atoms with E-state index in [1.807, 2.05) is 0 Å². The van der Waals surface area contributed by atoms with Gasteiger partial charge in [-0.15, -0.1) is 0 Å². The molecule has 0 unspecified atom stereocenters. The molecule has 31 heavy (non-hydrogen) atoms. The summed E-state index contributed by atoms with van der Waals surface area (Å²) in [5.41, 5.74) is 0.804. The molecule has 166 valence electrons. The zero-order valence-corrected chi connectivity index (χ0v) is 18.5. The summed E-state index contributed by atoms with van der Waals surface area (Å²) in [5.74, 6) is 1.03. The van der Waals surface area contributed by atoms with Gasteiger partial charge in [0.15, 0.2) is 0 Å². The Bertz CT molecular complexity index is 822. The zero-order valence-electron chi connectivity index (χ0n) is 18.5. The van der Waals surface area contributed by atoms with Crippen LogP contribution in [-0.4, -0.2) is 18.5 Å². The van der Waals surface area contributed by atoms with Crippen molar-refractivity contribution in [3.63, 3.8) is 0 Å². The molecule has 0 heterocycles. The number of hydrogen-bond acceptors (Lipinski definition) is 5. The van der Waals surface area contributed by atoms with Crippen LogP contribution in [0.1, 0.15) is 64.4 Å². The molecular formula is C26H32O5. The summed E-state index contributed by atoms with van der Waals surface area (Å²) in [6, 6.07) is 14.0. The van der Waals surface area contributed by atoms with Crippen molar-refractivity contribution in [3.8, 4) is 17.2 Å². The fourth-order valence-electron chi connectivity index (χ4n) is 2.81. The van der Waals surface area contributed by atoms with Crippen LogP contribution in [0.15, 0.2) is 54.6 Å². The van der Waals surface area contributed by atoms with Crippen molar-refractivity contribution in [2.24, 2.45) is 0 Å². The molecule has 0 aliphatic rings. The van der Waals surface area contributed by atoms with E-state index in [-0.39, 0.29) is 5.97 Å². The Morgan fingerprint density at radius 3 is 2.00 bits per heavy atom. The number of unbranched alkanes of at least 4 members (excludes halogenated alkanes) is 4. The maximum Gasteiger partial charge on any atom is 0.336 e. The molecular weight excluding hydrogens is 392 g/mol. The second-order valence-electron chi connectivity index (χ2n) is 7.28. The van der Waals surface area contributed by atoms with Gasteiger partial charge < -0.3 is 14.2 Å². The van der Waals surface area contributed by atoms with Crippen LogP contribution in [0.5, 0.6) is 17.2 Å². The summed E-state index contributed by atoms with van der Waals surface area (Å²) < 4.78 is 16.3. The lowest BCUT2D eigenvalue weighted by molar-refractivity contribution is -0.134. The summed E-state index contributed by atoms with van der Waals surface area (Å²) in [4.78, 5) is 23.8. The van der Waals surface area contributed by atoms with Gasteiger partial charge in [-0.3, -0.25) is 4.79 Å². The van der Waals surface area contributed by atoms with Crippen LogP contribution in [0.4, 0.5) is 0 Å². The van der Waals surface area contributed by atoms with E-state index < -0.39 is 5.97 Å². The van der Waals surface area contributed by atoms with Crippen molar-refractivity contribution in [1.29, 1.82) is 0 Å². The number of hydrogen-bond donors (Lipinski definition) is 0. The van der Waals surface area contributed by atoms with Crippen molar-refractivity contribution in [2.45, 2.75) is 58.8 Å². The topological polar surface area (TPSA) is 61.8 Å². The lowest BCUT2D eigenvalue weighted by atomic mass is 10.2. The Balaban J connectivity index is 1.77. The highest BCUT2D eigenvalue weighted by molar-refractivity contribution is 5.88. The van der Waals surface area contributed by atoms with Crippen molar-refractivity contribution >= 4 is 18.0 Å². The molecule has 2 aromatic carbocycles. The van der Waals surface area contributed by atoms with E-state index in [0.29, 0.717) is 24.5 Å². The van der Waals surface area contributed by atoms with Gasteiger partial charge in [-0.1, -0.05) is 51.7 Å². The average molecular weight is 425 g/mol. The SMILES string of the molecule is CCCCCOc1ccc(OC(=O)/C=C/c2ccc(OC(=O)CCCCC)cc2)cc1. The lowest BCUT2D eigenvalue weighted by Crippen LogP contribution is -2.07. The minimum atomic E-state index is -0.469. The van der Waals surface area contributed by atoms with Crippen LogP contribution in [-0.2, 0) is 9.59 Å². The number of rotatable bonds is 13. The minimum Gasteiger partial charge on any atom is -0.494 e. The molecule has 0 fully saturated rings. The first-order valence-electron chi connectivity index (χ1n) is 11.0. The van der Waals surface area contributed by atoms with Gasteiger partial charge in [0.25, 0.3) is 0 Å². The highest BCUT2D eigenvalue weighted by atomic mass is 16.5. The number of carbonyl (C=O) groups excluding carboxylic acids is 2.